The molecule has 27 heavy (non-hydrogen) atoms. The Balaban J connectivity index is 1.46. The number of aliphatic hydroxyl groups is 1. The third kappa shape index (κ3) is 6.02. The molecule has 0 spiro atoms. The van der Waals surface area contributed by atoms with Crippen molar-refractivity contribution in [3.63, 3.8) is 0 Å². The zero-order chi connectivity index (χ0) is 19.1. The molecule has 2 aliphatic heterocycles. The van der Waals surface area contributed by atoms with Crippen molar-refractivity contribution in [1.82, 2.24) is 14.7 Å². The topological polar surface area (TPSA) is 30.0 Å². The molecule has 3 rings (SSSR count). The number of rotatable bonds is 8. The van der Waals surface area contributed by atoms with Crippen LogP contribution in [0.2, 0.25) is 0 Å². The monoisotopic (exact) mass is 373 g/mol. The lowest BCUT2D eigenvalue weighted by atomic mass is 9.97. The summed E-state index contributed by atoms with van der Waals surface area (Å²) in [7, 11) is 0. The molecular formula is C23H39N3O. The SMILES string of the molecule is CC(C)N1CCC(N2CCN(CCCc3ccccc3)C[C@H]2CCO)CC1. The van der Waals surface area contributed by atoms with Gasteiger partial charge in [-0.1, -0.05) is 30.3 Å². The van der Waals surface area contributed by atoms with Gasteiger partial charge in [0, 0.05) is 44.4 Å². The zero-order valence-electron chi connectivity index (χ0n) is 17.4. The Hall–Kier alpha value is -0.940. The lowest BCUT2D eigenvalue weighted by molar-refractivity contribution is 0.00208. The highest BCUT2D eigenvalue weighted by Crippen LogP contribution is 2.24. The maximum Gasteiger partial charge on any atom is 0.0446 e. The van der Waals surface area contributed by atoms with E-state index in [2.05, 4.69) is 58.9 Å². The van der Waals surface area contributed by atoms with E-state index in [1.165, 1.54) is 64.0 Å². The molecule has 1 N–H and O–H groups in total. The van der Waals surface area contributed by atoms with Crippen molar-refractivity contribution < 1.29 is 5.11 Å². The first-order chi connectivity index (χ1) is 13.2. The van der Waals surface area contributed by atoms with Crippen molar-refractivity contribution in [2.45, 2.75) is 64.1 Å². The first-order valence-corrected chi connectivity index (χ1v) is 11.0. The summed E-state index contributed by atoms with van der Waals surface area (Å²) in [6.45, 7) is 12.0. The molecule has 1 aromatic carbocycles. The van der Waals surface area contributed by atoms with Gasteiger partial charge in [-0.25, -0.2) is 0 Å². The number of hydrogen-bond acceptors (Lipinski definition) is 4. The van der Waals surface area contributed by atoms with Crippen LogP contribution in [0.25, 0.3) is 0 Å². The van der Waals surface area contributed by atoms with Crippen LogP contribution in [0, 0.1) is 0 Å². The number of piperazine rings is 1. The Morgan fingerprint density at radius 1 is 1.04 bits per heavy atom. The molecule has 0 aliphatic carbocycles. The molecule has 0 aromatic heterocycles. The van der Waals surface area contributed by atoms with E-state index in [0.717, 1.165) is 13.0 Å². The van der Waals surface area contributed by atoms with E-state index in [1.807, 2.05) is 0 Å². The van der Waals surface area contributed by atoms with Crippen LogP contribution in [0.4, 0.5) is 0 Å². The van der Waals surface area contributed by atoms with Crippen LogP contribution < -0.4 is 0 Å². The molecule has 0 radical (unpaired) electrons. The van der Waals surface area contributed by atoms with Gasteiger partial charge in [-0.2, -0.15) is 0 Å². The molecule has 0 bridgehead atoms. The largest absolute Gasteiger partial charge is 0.396 e. The highest BCUT2D eigenvalue weighted by Gasteiger charge is 2.33. The number of hydrogen-bond donors (Lipinski definition) is 1. The highest BCUT2D eigenvalue weighted by molar-refractivity contribution is 5.14. The van der Waals surface area contributed by atoms with E-state index < -0.39 is 0 Å². The van der Waals surface area contributed by atoms with E-state index in [-0.39, 0.29) is 0 Å². The molecule has 0 amide bonds. The fraction of sp³-hybridized carbons (Fsp3) is 0.739. The fourth-order valence-corrected chi connectivity index (χ4v) is 4.91. The minimum atomic E-state index is 0.309. The Morgan fingerprint density at radius 3 is 2.44 bits per heavy atom. The van der Waals surface area contributed by atoms with Crippen LogP contribution in [0.5, 0.6) is 0 Å². The molecule has 152 valence electrons. The summed E-state index contributed by atoms with van der Waals surface area (Å²) in [6, 6.07) is 12.7. The van der Waals surface area contributed by atoms with Gasteiger partial charge < -0.3 is 14.9 Å². The molecule has 1 aromatic rings. The minimum Gasteiger partial charge on any atom is -0.396 e. The van der Waals surface area contributed by atoms with E-state index in [4.69, 9.17) is 0 Å². The van der Waals surface area contributed by atoms with Crippen molar-refractivity contribution in [3.8, 4) is 0 Å². The van der Waals surface area contributed by atoms with Crippen molar-refractivity contribution in [2.75, 3.05) is 45.9 Å². The summed E-state index contributed by atoms with van der Waals surface area (Å²) in [5.41, 5.74) is 1.44. The number of aliphatic hydroxyl groups excluding tert-OH is 1. The number of likely N-dealkylation sites (tertiary alicyclic amines) is 1. The van der Waals surface area contributed by atoms with Gasteiger partial charge in [0.1, 0.15) is 0 Å². The van der Waals surface area contributed by atoms with E-state index in [9.17, 15) is 5.11 Å². The van der Waals surface area contributed by atoms with Crippen molar-refractivity contribution in [3.05, 3.63) is 35.9 Å². The molecule has 4 heteroatoms. The third-order valence-electron chi connectivity index (χ3n) is 6.56. The van der Waals surface area contributed by atoms with Crippen molar-refractivity contribution >= 4 is 0 Å². The van der Waals surface area contributed by atoms with Crippen molar-refractivity contribution in [1.29, 1.82) is 0 Å². The molecule has 0 saturated carbocycles. The Labute approximate surface area is 166 Å². The van der Waals surface area contributed by atoms with E-state index in [1.54, 1.807) is 0 Å². The lowest BCUT2D eigenvalue weighted by Gasteiger charge is -2.48. The number of nitrogens with zero attached hydrogens (tertiary/aromatic N) is 3. The van der Waals surface area contributed by atoms with Gasteiger partial charge in [0.25, 0.3) is 0 Å². The smallest absolute Gasteiger partial charge is 0.0446 e. The Bertz CT molecular complexity index is 528. The van der Waals surface area contributed by atoms with Gasteiger partial charge in [0.15, 0.2) is 0 Å². The molecular weight excluding hydrogens is 334 g/mol. The molecule has 0 unspecified atom stereocenters. The maximum absolute atomic E-state index is 9.61. The van der Waals surface area contributed by atoms with E-state index in [0.29, 0.717) is 24.7 Å². The van der Waals surface area contributed by atoms with Crippen LogP contribution in [0.1, 0.15) is 45.1 Å². The molecule has 2 saturated heterocycles. The molecule has 1 atom stereocenters. The zero-order valence-corrected chi connectivity index (χ0v) is 17.4. The minimum absolute atomic E-state index is 0.309. The molecule has 4 nitrogen and oxygen atoms in total. The first kappa shape index (κ1) is 20.8. The third-order valence-corrected chi connectivity index (χ3v) is 6.56. The van der Waals surface area contributed by atoms with Gasteiger partial charge in [-0.3, -0.25) is 4.90 Å². The van der Waals surface area contributed by atoms with Gasteiger partial charge in [0.05, 0.1) is 0 Å². The quantitative estimate of drug-likeness (QED) is 0.759. The van der Waals surface area contributed by atoms with Gasteiger partial charge in [-0.15, -0.1) is 0 Å². The number of benzene rings is 1. The summed E-state index contributed by atoms with van der Waals surface area (Å²) in [4.78, 5) is 7.97. The summed E-state index contributed by atoms with van der Waals surface area (Å²) < 4.78 is 0. The number of aryl methyl sites for hydroxylation is 1. The number of piperidine rings is 1. The Morgan fingerprint density at radius 2 is 1.78 bits per heavy atom. The van der Waals surface area contributed by atoms with Crippen LogP contribution in [-0.2, 0) is 6.42 Å². The average molecular weight is 374 g/mol. The molecule has 2 fully saturated rings. The molecule has 2 aliphatic rings. The fourth-order valence-electron chi connectivity index (χ4n) is 4.91. The standard InChI is InChI=1S/C23H39N3O/c1-20(2)25-14-10-22(11-15-25)26-17-16-24(19-23(26)12-18-27)13-6-9-21-7-4-3-5-8-21/h3-5,7-8,20,22-23,27H,6,9-19H2,1-2H3/t23-/m1/s1. The lowest BCUT2D eigenvalue weighted by Crippen LogP contribution is -2.59. The van der Waals surface area contributed by atoms with Crippen LogP contribution in [0.3, 0.4) is 0 Å². The maximum atomic E-state index is 9.61. The second-order valence-electron chi connectivity index (χ2n) is 8.65. The predicted molar refractivity (Wildman–Crippen MR) is 113 cm³/mol. The second kappa shape index (κ2) is 10.6. The van der Waals surface area contributed by atoms with Crippen molar-refractivity contribution in [2.24, 2.45) is 0 Å². The summed E-state index contributed by atoms with van der Waals surface area (Å²) in [6.07, 6.45) is 5.88. The Kier molecular flexibility index (Phi) is 8.13. The summed E-state index contributed by atoms with van der Waals surface area (Å²) in [5.74, 6) is 0. The summed E-state index contributed by atoms with van der Waals surface area (Å²) >= 11 is 0. The van der Waals surface area contributed by atoms with Crippen LogP contribution >= 0.6 is 0 Å². The van der Waals surface area contributed by atoms with Gasteiger partial charge >= 0.3 is 0 Å². The van der Waals surface area contributed by atoms with E-state index >= 15 is 0 Å². The second-order valence-corrected chi connectivity index (χ2v) is 8.65. The van der Waals surface area contributed by atoms with Gasteiger partial charge in [0.2, 0.25) is 0 Å². The molecule has 2 heterocycles. The van der Waals surface area contributed by atoms with Crippen LogP contribution in [0.15, 0.2) is 30.3 Å². The van der Waals surface area contributed by atoms with Crippen LogP contribution in [-0.4, -0.2) is 83.8 Å². The average Bonchev–Trinajstić information content (AvgIpc) is 2.69. The first-order valence-electron chi connectivity index (χ1n) is 11.0. The predicted octanol–water partition coefficient (Wildman–Crippen LogP) is 2.86. The van der Waals surface area contributed by atoms with Gasteiger partial charge in [-0.05, 0) is 71.1 Å². The highest BCUT2D eigenvalue weighted by atomic mass is 16.3. The summed E-state index contributed by atoms with van der Waals surface area (Å²) in [5, 5.41) is 9.61. The normalized spacial score (nSPS) is 23.9.